The minimum absolute atomic E-state index is 0.0318. The van der Waals surface area contributed by atoms with E-state index in [0.29, 0.717) is 17.0 Å². The smallest absolute Gasteiger partial charge is 0.416 e. The standard InChI is InChI=1S/C22H19F3N2O4/c1-4-31-21(29)16-11-26-17-10-14(22(23,24)25)6-7-15(17)20(16)27-18-9-13(12(2)28)5-8-19(18)30-3/h5-11H,4H2,1-3H3,(H,26,27). The van der Waals surface area contributed by atoms with E-state index in [2.05, 4.69) is 10.3 Å². The fraction of sp³-hybridized carbons (Fsp3) is 0.227. The van der Waals surface area contributed by atoms with Gasteiger partial charge in [-0.1, -0.05) is 6.07 Å². The molecule has 0 bridgehead atoms. The summed E-state index contributed by atoms with van der Waals surface area (Å²) in [6.45, 7) is 3.14. The lowest BCUT2D eigenvalue weighted by Gasteiger charge is -2.17. The molecule has 0 atom stereocenters. The highest BCUT2D eigenvalue weighted by atomic mass is 19.4. The van der Waals surface area contributed by atoms with E-state index in [1.165, 1.54) is 26.2 Å². The summed E-state index contributed by atoms with van der Waals surface area (Å²) in [5.74, 6) is -0.511. The van der Waals surface area contributed by atoms with E-state index in [-0.39, 0.29) is 34.5 Å². The van der Waals surface area contributed by atoms with Crippen molar-refractivity contribution in [3.05, 3.63) is 59.3 Å². The SMILES string of the molecule is CCOC(=O)c1cnc2cc(C(F)(F)F)ccc2c1Nc1cc(C(C)=O)ccc1OC. The summed E-state index contributed by atoms with van der Waals surface area (Å²) in [6, 6.07) is 7.74. The molecule has 0 saturated heterocycles. The molecular formula is C22H19F3N2O4. The number of nitrogens with zero attached hydrogens (tertiary/aromatic N) is 1. The van der Waals surface area contributed by atoms with Crippen LogP contribution in [0.25, 0.3) is 10.9 Å². The number of nitrogens with one attached hydrogen (secondary N) is 1. The van der Waals surface area contributed by atoms with Crippen molar-refractivity contribution in [2.75, 3.05) is 19.0 Å². The lowest BCUT2D eigenvalue weighted by Crippen LogP contribution is -2.10. The predicted molar refractivity (Wildman–Crippen MR) is 109 cm³/mol. The average Bonchev–Trinajstić information content (AvgIpc) is 2.72. The average molecular weight is 432 g/mol. The highest BCUT2D eigenvalue weighted by Crippen LogP contribution is 2.37. The molecule has 1 heterocycles. The van der Waals surface area contributed by atoms with Gasteiger partial charge in [0.05, 0.1) is 36.2 Å². The van der Waals surface area contributed by atoms with E-state index in [1.54, 1.807) is 19.1 Å². The molecule has 0 fully saturated rings. The normalized spacial score (nSPS) is 11.3. The second kappa shape index (κ2) is 8.63. The molecule has 3 aromatic rings. The first-order chi connectivity index (χ1) is 14.7. The zero-order valence-electron chi connectivity index (χ0n) is 17.0. The van der Waals surface area contributed by atoms with Crippen LogP contribution in [0.5, 0.6) is 5.75 Å². The third-order valence-electron chi connectivity index (χ3n) is 4.56. The number of hydrogen-bond donors (Lipinski definition) is 1. The van der Waals surface area contributed by atoms with Crippen LogP contribution in [-0.4, -0.2) is 30.5 Å². The molecule has 0 unspecified atom stereocenters. The molecule has 31 heavy (non-hydrogen) atoms. The number of Topliss-reactive ketones (excluding diaryl/α,β-unsaturated/α-hetero) is 1. The Morgan fingerprint density at radius 3 is 2.48 bits per heavy atom. The Balaban J connectivity index is 2.23. The number of benzene rings is 2. The van der Waals surface area contributed by atoms with Crippen LogP contribution in [0.2, 0.25) is 0 Å². The number of alkyl halides is 3. The number of pyridine rings is 1. The zero-order valence-corrected chi connectivity index (χ0v) is 17.0. The van der Waals surface area contributed by atoms with E-state index >= 15 is 0 Å². The Morgan fingerprint density at radius 1 is 1.13 bits per heavy atom. The molecule has 0 aliphatic heterocycles. The third-order valence-corrected chi connectivity index (χ3v) is 4.56. The van der Waals surface area contributed by atoms with Crippen LogP contribution < -0.4 is 10.1 Å². The van der Waals surface area contributed by atoms with Crippen molar-refractivity contribution in [3.63, 3.8) is 0 Å². The number of hydrogen-bond acceptors (Lipinski definition) is 6. The fourth-order valence-corrected chi connectivity index (χ4v) is 3.03. The van der Waals surface area contributed by atoms with Crippen molar-refractivity contribution in [2.24, 2.45) is 0 Å². The summed E-state index contributed by atoms with van der Waals surface area (Å²) < 4.78 is 49.8. The molecule has 9 heteroatoms. The molecule has 0 spiro atoms. The van der Waals surface area contributed by atoms with Gasteiger partial charge in [0.25, 0.3) is 0 Å². The van der Waals surface area contributed by atoms with Crippen LogP contribution in [0.1, 0.15) is 40.1 Å². The number of ketones is 1. The summed E-state index contributed by atoms with van der Waals surface area (Å²) in [5, 5.41) is 3.30. The molecule has 0 saturated carbocycles. The summed E-state index contributed by atoms with van der Waals surface area (Å²) >= 11 is 0. The maximum Gasteiger partial charge on any atom is 0.416 e. The monoisotopic (exact) mass is 432 g/mol. The highest BCUT2D eigenvalue weighted by molar-refractivity contribution is 6.06. The number of fused-ring (bicyclic) bond motifs is 1. The number of carbonyl (C=O) groups excluding carboxylic acids is 2. The van der Waals surface area contributed by atoms with Crippen molar-refractivity contribution in [2.45, 2.75) is 20.0 Å². The second-order valence-electron chi connectivity index (χ2n) is 6.59. The lowest BCUT2D eigenvalue weighted by molar-refractivity contribution is -0.137. The highest BCUT2D eigenvalue weighted by Gasteiger charge is 2.31. The maximum absolute atomic E-state index is 13.1. The fourth-order valence-electron chi connectivity index (χ4n) is 3.03. The Labute approximate surface area is 176 Å². The number of halogens is 3. The van der Waals surface area contributed by atoms with Crippen molar-refractivity contribution < 1.29 is 32.2 Å². The number of aromatic nitrogens is 1. The van der Waals surface area contributed by atoms with Gasteiger partial charge in [0, 0.05) is 17.1 Å². The molecule has 1 N–H and O–H groups in total. The van der Waals surface area contributed by atoms with Crippen LogP contribution in [0.4, 0.5) is 24.5 Å². The van der Waals surface area contributed by atoms with Gasteiger partial charge in [-0.15, -0.1) is 0 Å². The quantitative estimate of drug-likeness (QED) is 0.416. The summed E-state index contributed by atoms with van der Waals surface area (Å²) in [5.41, 5.74) is 0.137. The van der Waals surface area contributed by atoms with Crippen LogP contribution >= 0.6 is 0 Å². The van der Waals surface area contributed by atoms with Crippen molar-refractivity contribution in [1.82, 2.24) is 4.98 Å². The van der Waals surface area contributed by atoms with Crippen LogP contribution in [0.3, 0.4) is 0 Å². The molecule has 0 amide bonds. The van der Waals surface area contributed by atoms with Gasteiger partial charge >= 0.3 is 12.1 Å². The van der Waals surface area contributed by atoms with Crippen molar-refractivity contribution in [1.29, 1.82) is 0 Å². The first kappa shape index (κ1) is 22.1. The Morgan fingerprint density at radius 2 is 1.87 bits per heavy atom. The molecule has 0 radical (unpaired) electrons. The first-order valence-corrected chi connectivity index (χ1v) is 9.28. The largest absolute Gasteiger partial charge is 0.495 e. The summed E-state index contributed by atoms with van der Waals surface area (Å²) in [4.78, 5) is 28.3. The topological polar surface area (TPSA) is 77.5 Å². The zero-order chi connectivity index (χ0) is 22.8. The Hall–Kier alpha value is -3.62. The molecular weight excluding hydrogens is 413 g/mol. The summed E-state index contributed by atoms with van der Waals surface area (Å²) in [7, 11) is 1.43. The number of methoxy groups -OCH3 is 1. The molecule has 0 aliphatic carbocycles. The van der Waals surface area contributed by atoms with Crippen molar-refractivity contribution in [3.8, 4) is 5.75 Å². The number of ether oxygens (including phenoxy) is 2. The molecule has 3 rings (SSSR count). The molecule has 2 aromatic carbocycles. The molecule has 6 nitrogen and oxygen atoms in total. The number of esters is 1. The van der Waals surface area contributed by atoms with Crippen LogP contribution in [-0.2, 0) is 10.9 Å². The van der Waals surface area contributed by atoms with Gasteiger partial charge in [0.15, 0.2) is 5.78 Å². The van der Waals surface area contributed by atoms with Crippen LogP contribution in [0.15, 0.2) is 42.6 Å². The first-order valence-electron chi connectivity index (χ1n) is 9.28. The van der Waals surface area contributed by atoms with Gasteiger partial charge in [0.1, 0.15) is 11.3 Å². The van der Waals surface area contributed by atoms with Gasteiger partial charge in [-0.2, -0.15) is 13.2 Å². The van der Waals surface area contributed by atoms with Gasteiger partial charge in [-0.05, 0) is 44.2 Å². The van der Waals surface area contributed by atoms with Crippen molar-refractivity contribution >= 4 is 34.0 Å². The lowest BCUT2D eigenvalue weighted by atomic mass is 10.1. The van der Waals surface area contributed by atoms with Gasteiger partial charge < -0.3 is 14.8 Å². The predicted octanol–water partition coefficient (Wildman–Crippen LogP) is 5.39. The van der Waals surface area contributed by atoms with E-state index < -0.39 is 17.7 Å². The molecule has 162 valence electrons. The van der Waals surface area contributed by atoms with Gasteiger partial charge in [-0.3, -0.25) is 9.78 Å². The van der Waals surface area contributed by atoms with E-state index in [4.69, 9.17) is 9.47 Å². The molecule has 0 aliphatic rings. The molecule has 1 aromatic heterocycles. The second-order valence-corrected chi connectivity index (χ2v) is 6.59. The third kappa shape index (κ3) is 4.60. The van der Waals surface area contributed by atoms with Gasteiger partial charge in [-0.25, -0.2) is 4.79 Å². The number of carbonyl (C=O) groups is 2. The maximum atomic E-state index is 13.1. The van der Waals surface area contributed by atoms with E-state index in [9.17, 15) is 22.8 Å². The van der Waals surface area contributed by atoms with E-state index in [0.717, 1.165) is 18.3 Å². The van der Waals surface area contributed by atoms with Crippen LogP contribution in [0, 0.1) is 0 Å². The summed E-state index contributed by atoms with van der Waals surface area (Å²) in [6.07, 6.45) is -3.38. The number of rotatable bonds is 6. The van der Waals surface area contributed by atoms with Gasteiger partial charge in [0.2, 0.25) is 0 Å². The minimum atomic E-state index is -4.54. The Bertz CT molecular complexity index is 1160. The number of anilines is 2. The Kier molecular flexibility index (Phi) is 6.14. The minimum Gasteiger partial charge on any atom is -0.495 e. The van der Waals surface area contributed by atoms with E-state index in [1.807, 2.05) is 0 Å².